The Kier molecular flexibility index (Phi) is 4.71. The third-order valence-electron chi connectivity index (χ3n) is 3.54. The van der Waals surface area contributed by atoms with Crippen LogP contribution in [0.25, 0.3) is 0 Å². The van der Waals surface area contributed by atoms with Gasteiger partial charge in [-0.25, -0.2) is 0 Å². The topological polar surface area (TPSA) is 41.3 Å². The molecule has 4 nitrogen and oxygen atoms in total. The molecule has 0 aliphatic carbocycles. The Morgan fingerprint density at radius 2 is 1.94 bits per heavy atom. The maximum Gasteiger partial charge on any atom is 0.0998 e. The van der Waals surface area contributed by atoms with E-state index in [4.69, 9.17) is 0 Å². The molecule has 1 heterocycles. The first-order chi connectivity index (χ1) is 7.97. The maximum atomic E-state index is 10.5. The molecule has 0 aliphatic heterocycles. The minimum atomic E-state index is -0.511. The number of aliphatic hydroxyl groups is 1. The standard InChI is InChI=1S/C13H25N3O/c1-6-15(7-2)13(4,5)12(17)11-9-14-16(8-3)10-11/h9-10,12,17H,6-8H2,1-5H3. The van der Waals surface area contributed by atoms with E-state index in [1.807, 2.05) is 17.8 Å². The lowest BCUT2D eigenvalue weighted by Gasteiger charge is -2.40. The van der Waals surface area contributed by atoms with E-state index in [0.717, 1.165) is 25.2 Å². The largest absolute Gasteiger partial charge is 0.386 e. The van der Waals surface area contributed by atoms with Gasteiger partial charge in [-0.2, -0.15) is 5.10 Å². The fraction of sp³-hybridized carbons (Fsp3) is 0.769. The molecule has 1 aromatic heterocycles. The molecule has 4 heteroatoms. The molecule has 0 fully saturated rings. The number of nitrogens with zero attached hydrogens (tertiary/aromatic N) is 3. The Hall–Kier alpha value is -0.870. The second-order valence-electron chi connectivity index (χ2n) is 4.86. The highest BCUT2D eigenvalue weighted by molar-refractivity contribution is 5.13. The van der Waals surface area contributed by atoms with E-state index in [-0.39, 0.29) is 5.54 Å². The molecule has 17 heavy (non-hydrogen) atoms. The van der Waals surface area contributed by atoms with Crippen LogP contribution in [0.5, 0.6) is 0 Å². The lowest BCUT2D eigenvalue weighted by Crippen LogP contribution is -2.48. The highest BCUT2D eigenvalue weighted by atomic mass is 16.3. The van der Waals surface area contributed by atoms with Gasteiger partial charge in [0.05, 0.1) is 12.3 Å². The first-order valence-electron chi connectivity index (χ1n) is 6.42. The first kappa shape index (κ1) is 14.2. The molecule has 98 valence electrons. The van der Waals surface area contributed by atoms with Crippen LogP contribution in [0.4, 0.5) is 0 Å². The summed E-state index contributed by atoms with van der Waals surface area (Å²) in [7, 11) is 0. The number of hydrogen-bond donors (Lipinski definition) is 1. The zero-order valence-corrected chi connectivity index (χ0v) is 11.6. The average molecular weight is 239 g/mol. The summed E-state index contributed by atoms with van der Waals surface area (Å²) in [6.45, 7) is 13.1. The van der Waals surface area contributed by atoms with Gasteiger partial charge in [0, 0.05) is 23.8 Å². The maximum absolute atomic E-state index is 10.5. The van der Waals surface area contributed by atoms with Crippen molar-refractivity contribution >= 4 is 0 Å². The van der Waals surface area contributed by atoms with Crippen molar-refractivity contribution in [2.24, 2.45) is 0 Å². The van der Waals surface area contributed by atoms with Crippen LogP contribution >= 0.6 is 0 Å². The zero-order valence-electron chi connectivity index (χ0n) is 11.6. The fourth-order valence-electron chi connectivity index (χ4n) is 2.31. The van der Waals surface area contributed by atoms with Crippen molar-refractivity contribution in [3.63, 3.8) is 0 Å². The van der Waals surface area contributed by atoms with Crippen LogP contribution in [0.3, 0.4) is 0 Å². The Morgan fingerprint density at radius 1 is 1.35 bits per heavy atom. The molecule has 1 N–H and O–H groups in total. The highest BCUT2D eigenvalue weighted by Gasteiger charge is 2.34. The van der Waals surface area contributed by atoms with Crippen molar-refractivity contribution in [2.45, 2.75) is 52.8 Å². The van der Waals surface area contributed by atoms with Gasteiger partial charge in [0.15, 0.2) is 0 Å². The van der Waals surface area contributed by atoms with E-state index in [2.05, 4.69) is 37.7 Å². The second-order valence-corrected chi connectivity index (χ2v) is 4.86. The smallest absolute Gasteiger partial charge is 0.0998 e. The van der Waals surface area contributed by atoms with Crippen LogP contribution in [-0.2, 0) is 6.54 Å². The van der Waals surface area contributed by atoms with Gasteiger partial charge >= 0.3 is 0 Å². The van der Waals surface area contributed by atoms with Gasteiger partial charge in [-0.3, -0.25) is 9.58 Å². The number of aromatic nitrogens is 2. The number of aryl methyl sites for hydroxylation is 1. The molecule has 0 radical (unpaired) electrons. The van der Waals surface area contributed by atoms with E-state index in [1.165, 1.54) is 0 Å². The summed E-state index contributed by atoms with van der Waals surface area (Å²) < 4.78 is 1.84. The molecule has 0 aliphatic rings. The second kappa shape index (κ2) is 5.65. The van der Waals surface area contributed by atoms with Gasteiger partial charge in [0.1, 0.15) is 0 Å². The SMILES string of the molecule is CCN(CC)C(C)(C)C(O)c1cnn(CC)c1. The van der Waals surface area contributed by atoms with Crippen LogP contribution in [0.2, 0.25) is 0 Å². The van der Waals surface area contributed by atoms with Crippen LogP contribution in [0, 0.1) is 0 Å². The zero-order chi connectivity index (χ0) is 13.1. The van der Waals surface area contributed by atoms with Crippen LogP contribution in [-0.4, -0.2) is 38.4 Å². The summed E-state index contributed by atoms with van der Waals surface area (Å²) in [4.78, 5) is 2.26. The van der Waals surface area contributed by atoms with E-state index >= 15 is 0 Å². The molecular weight excluding hydrogens is 214 g/mol. The van der Waals surface area contributed by atoms with Crippen molar-refractivity contribution in [2.75, 3.05) is 13.1 Å². The van der Waals surface area contributed by atoms with Gasteiger partial charge in [0.2, 0.25) is 0 Å². The summed E-state index contributed by atoms with van der Waals surface area (Å²) in [5, 5.41) is 14.7. The van der Waals surface area contributed by atoms with Crippen molar-refractivity contribution in [1.82, 2.24) is 14.7 Å². The van der Waals surface area contributed by atoms with E-state index < -0.39 is 6.10 Å². The van der Waals surface area contributed by atoms with Crippen molar-refractivity contribution in [3.05, 3.63) is 18.0 Å². The van der Waals surface area contributed by atoms with Crippen molar-refractivity contribution in [3.8, 4) is 0 Å². The predicted octanol–water partition coefficient (Wildman–Crippen LogP) is 2.06. The number of aliphatic hydroxyl groups excluding tert-OH is 1. The molecule has 1 atom stereocenters. The third kappa shape index (κ3) is 2.87. The average Bonchev–Trinajstić information content (AvgIpc) is 2.77. The van der Waals surface area contributed by atoms with Crippen LogP contribution in [0.1, 0.15) is 46.3 Å². The molecule has 1 rings (SSSR count). The molecule has 0 spiro atoms. The minimum Gasteiger partial charge on any atom is -0.386 e. The van der Waals surface area contributed by atoms with Crippen molar-refractivity contribution < 1.29 is 5.11 Å². The summed E-state index contributed by atoms with van der Waals surface area (Å²) in [5.74, 6) is 0. The Bertz CT molecular complexity index is 342. The van der Waals surface area contributed by atoms with Gasteiger partial charge in [-0.05, 0) is 33.9 Å². The van der Waals surface area contributed by atoms with Crippen LogP contribution in [0.15, 0.2) is 12.4 Å². The molecule has 0 bridgehead atoms. The normalized spacial score (nSPS) is 14.3. The Balaban J connectivity index is 2.90. The lowest BCUT2D eigenvalue weighted by molar-refractivity contribution is -0.00631. The van der Waals surface area contributed by atoms with E-state index in [9.17, 15) is 5.11 Å². The molecule has 0 amide bonds. The quantitative estimate of drug-likeness (QED) is 0.826. The first-order valence-corrected chi connectivity index (χ1v) is 6.42. The molecule has 0 saturated heterocycles. The number of rotatable bonds is 6. The van der Waals surface area contributed by atoms with E-state index in [0.29, 0.717) is 0 Å². The monoisotopic (exact) mass is 239 g/mol. The number of hydrogen-bond acceptors (Lipinski definition) is 3. The lowest BCUT2D eigenvalue weighted by atomic mass is 9.91. The summed E-state index contributed by atoms with van der Waals surface area (Å²) >= 11 is 0. The predicted molar refractivity (Wildman–Crippen MR) is 69.9 cm³/mol. The van der Waals surface area contributed by atoms with Crippen molar-refractivity contribution in [1.29, 1.82) is 0 Å². The van der Waals surface area contributed by atoms with Gasteiger partial charge in [0.25, 0.3) is 0 Å². The fourth-order valence-corrected chi connectivity index (χ4v) is 2.31. The Morgan fingerprint density at radius 3 is 2.35 bits per heavy atom. The third-order valence-corrected chi connectivity index (χ3v) is 3.54. The minimum absolute atomic E-state index is 0.273. The summed E-state index contributed by atoms with van der Waals surface area (Å²) in [5.41, 5.74) is 0.620. The summed E-state index contributed by atoms with van der Waals surface area (Å²) in [6, 6.07) is 0. The van der Waals surface area contributed by atoms with Gasteiger partial charge in [-0.15, -0.1) is 0 Å². The van der Waals surface area contributed by atoms with E-state index in [1.54, 1.807) is 6.20 Å². The molecule has 0 saturated carbocycles. The van der Waals surface area contributed by atoms with Gasteiger partial charge < -0.3 is 5.11 Å². The summed E-state index contributed by atoms with van der Waals surface area (Å²) in [6.07, 6.45) is 3.18. The van der Waals surface area contributed by atoms with Gasteiger partial charge in [-0.1, -0.05) is 13.8 Å². The molecule has 1 unspecified atom stereocenters. The number of likely N-dealkylation sites (N-methyl/N-ethyl adjacent to an activating group) is 1. The van der Waals surface area contributed by atoms with Crippen LogP contribution < -0.4 is 0 Å². The highest BCUT2D eigenvalue weighted by Crippen LogP contribution is 2.30. The molecule has 1 aromatic rings. The Labute approximate surface area is 104 Å². The molecule has 0 aromatic carbocycles. The molecular formula is C13H25N3O.